The Bertz CT molecular complexity index is 1150. The Kier molecular flexibility index (Phi) is 4.30. The van der Waals surface area contributed by atoms with Crippen molar-refractivity contribution in [1.29, 1.82) is 0 Å². The number of para-hydroxylation sites is 3. The number of imidazole rings is 1. The summed E-state index contributed by atoms with van der Waals surface area (Å²) < 4.78 is 14.3. The first-order valence-corrected chi connectivity index (χ1v) is 9.99. The Morgan fingerprint density at radius 1 is 0.897 bits per heavy atom. The average Bonchev–Trinajstić information content (AvgIpc) is 3.26. The smallest absolute Gasteiger partial charge is 0.402 e. The third-order valence-electron chi connectivity index (χ3n) is 5.73. The first-order valence-electron chi connectivity index (χ1n) is 9.99. The van der Waals surface area contributed by atoms with Crippen LogP contribution in [0.5, 0.6) is 0 Å². The molecule has 1 unspecified atom stereocenters. The van der Waals surface area contributed by atoms with Crippen molar-refractivity contribution in [2.24, 2.45) is 0 Å². The SMILES string of the molecule is CC1OB(c2ccc(-c3nc4ccccc4n3-c3ccccc3)cc2)OC1(C)C. The van der Waals surface area contributed by atoms with Crippen LogP contribution in [0.25, 0.3) is 28.1 Å². The van der Waals surface area contributed by atoms with Gasteiger partial charge in [-0.05, 0) is 50.5 Å². The molecule has 2 heterocycles. The Balaban J connectivity index is 1.57. The number of hydrogen-bond acceptors (Lipinski definition) is 3. The summed E-state index contributed by atoms with van der Waals surface area (Å²) in [4.78, 5) is 4.92. The molecule has 0 N–H and O–H groups in total. The van der Waals surface area contributed by atoms with E-state index in [1.807, 2.05) is 18.2 Å². The summed E-state index contributed by atoms with van der Waals surface area (Å²) in [6, 6.07) is 26.9. The molecule has 5 rings (SSSR count). The lowest BCUT2D eigenvalue weighted by Crippen LogP contribution is -2.34. The van der Waals surface area contributed by atoms with Crippen LogP contribution >= 0.6 is 0 Å². The third-order valence-corrected chi connectivity index (χ3v) is 5.73. The van der Waals surface area contributed by atoms with E-state index in [4.69, 9.17) is 14.3 Å². The zero-order valence-corrected chi connectivity index (χ0v) is 16.9. The van der Waals surface area contributed by atoms with Crippen molar-refractivity contribution >= 4 is 23.6 Å². The molecule has 0 amide bonds. The minimum atomic E-state index is -0.331. The molecule has 1 aliphatic heterocycles. The summed E-state index contributed by atoms with van der Waals surface area (Å²) in [5.41, 5.74) is 4.96. The van der Waals surface area contributed by atoms with E-state index in [1.165, 1.54) is 0 Å². The molecule has 1 saturated heterocycles. The van der Waals surface area contributed by atoms with Gasteiger partial charge in [0.05, 0.1) is 22.7 Å². The van der Waals surface area contributed by atoms with Gasteiger partial charge in [0.1, 0.15) is 5.82 Å². The van der Waals surface area contributed by atoms with Crippen LogP contribution in [0.4, 0.5) is 0 Å². The molecule has 3 aromatic carbocycles. The largest absolute Gasteiger partial charge is 0.494 e. The van der Waals surface area contributed by atoms with Gasteiger partial charge in [0, 0.05) is 11.3 Å². The highest BCUT2D eigenvalue weighted by Crippen LogP contribution is 2.29. The molecule has 0 spiro atoms. The van der Waals surface area contributed by atoms with E-state index >= 15 is 0 Å². The number of hydrogen-bond donors (Lipinski definition) is 0. The van der Waals surface area contributed by atoms with Crippen molar-refractivity contribution in [3.05, 3.63) is 78.9 Å². The van der Waals surface area contributed by atoms with Crippen molar-refractivity contribution < 1.29 is 9.31 Å². The first-order chi connectivity index (χ1) is 14.0. The molecule has 1 fully saturated rings. The Morgan fingerprint density at radius 3 is 2.28 bits per heavy atom. The van der Waals surface area contributed by atoms with E-state index in [2.05, 4.69) is 86.0 Å². The van der Waals surface area contributed by atoms with Gasteiger partial charge in [-0.2, -0.15) is 0 Å². The molecule has 0 saturated carbocycles. The van der Waals surface area contributed by atoms with Crippen molar-refractivity contribution in [1.82, 2.24) is 9.55 Å². The minimum absolute atomic E-state index is 0.0504. The zero-order chi connectivity index (χ0) is 20.0. The van der Waals surface area contributed by atoms with Crippen LogP contribution in [0.15, 0.2) is 78.9 Å². The maximum absolute atomic E-state index is 6.09. The number of aromatic nitrogens is 2. The molecule has 1 aromatic heterocycles. The lowest BCUT2D eigenvalue weighted by Gasteiger charge is -2.21. The van der Waals surface area contributed by atoms with Gasteiger partial charge in [-0.1, -0.05) is 54.6 Å². The monoisotopic (exact) mass is 382 g/mol. The lowest BCUT2D eigenvalue weighted by molar-refractivity contribution is 0.0842. The average molecular weight is 382 g/mol. The summed E-state index contributed by atoms with van der Waals surface area (Å²) in [5, 5.41) is 0. The van der Waals surface area contributed by atoms with Gasteiger partial charge in [0.25, 0.3) is 0 Å². The molecule has 0 bridgehead atoms. The van der Waals surface area contributed by atoms with Crippen LogP contribution in [-0.4, -0.2) is 28.4 Å². The normalized spacial score (nSPS) is 18.4. The molecular formula is C24H23BN2O2. The van der Waals surface area contributed by atoms with Gasteiger partial charge in [-0.3, -0.25) is 4.57 Å². The summed E-state index contributed by atoms with van der Waals surface area (Å²) in [6.45, 7) is 6.18. The van der Waals surface area contributed by atoms with Gasteiger partial charge < -0.3 is 9.31 Å². The topological polar surface area (TPSA) is 36.3 Å². The molecular weight excluding hydrogens is 359 g/mol. The predicted octanol–water partition coefficient (Wildman–Crippen LogP) is 4.60. The van der Waals surface area contributed by atoms with E-state index in [1.54, 1.807) is 0 Å². The third kappa shape index (κ3) is 3.16. The van der Waals surface area contributed by atoms with E-state index in [0.29, 0.717) is 0 Å². The molecule has 4 aromatic rings. The number of benzene rings is 3. The van der Waals surface area contributed by atoms with Crippen LogP contribution in [0.2, 0.25) is 0 Å². The fraction of sp³-hybridized carbons (Fsp3) is 0.208. The summed E-state index contributed by atoms with van der Waals surface area (Å²) in [6.07, 6.45) is 0.0504. The van der Waals surface area contributed by atoms with E-state index in [9.17, 15) is 0 Å². The Labute approximate surface area is 171 Å². The number of fused-ring (bicyclic) bond motifs is 1. The molecule has 1 atom stereocenters. The van der Waals surface area contributed by atoms with Gasteiger partial charge in [0.15, 0.2) is 0 Å². The predicted molar refractivity (Wildman–Crippen MR) is 118 cm³/mol. The van der Waals surface area contributed by atoms with Gasteiger partial charge in [0.2, 0.25) is 0 Å². The fourth-order valence-electron chi connectivity index (χ4n) is 3.74. The van der Waals surface area contributed by atoms with Crippen molar-refractivity contribution in [2.75, 3.05) is 0 Å². The Hall–Kier alpha value is -2.89. The highest BCUT2D eigenvalue weighted by molar-refractivity contribution is 6.62. The highest BCUT2D eigenvalue weighted by atomic mass is 16.7. The lowest BCUT2D eigenvalue weighted by atomic mass is 9.79. The second kappa shape index (κ2) is 6.87. The Morgan fingerprint density at radius 2 is 1.59 bits per heavy atom. The van der Waals surface area contributed by atoms with Gasteiger partial charge in [-0.15, -0.1) is 0 Å². The van der Waals surface area contributed by atoms with E-state index in [0.717, 1.165) is 33.6 Å². The molecule has 0 aliphatic carbocycles. The fourth-order valence-corrected chi connectivity index (χ4v) is 3.74. The molecule has 29 heavy (non-hydrogen) atoms. The first kappa shape index (κ1) is 18.2. The molecule has 144 valence electrons. The van der Waals surface area contributed by atoms with Crippen LogP contribution in [0.1, 0.15) is 20.8 Å². The number of nitrogens with zero attached hydrogens (tertiary/aromatic N) is 2. The van der Waals surface area contributed by atoms with E-state index in [-0.39, 0.29) is 18.8 Å². The second-order valence-corrected chi connectivity index (χ2v) is 8.05. The molecule has 5 heteroatoms. The summed E-state index contributed by atoms with van der Waals surface area (Å²) >= 11 is 0. The van der Waals surface area contributed by atoms with Gasteiger partial charge in [-0.25, -0.2) is 4.98 Å². The quantitative estimate of drug-likeness (QED) is 0.486. The van der Waals surface area contributed by atoms with Crippen LogP contribution in [0.3, 0.4) is 0 Å². The van der Waals surface area contributed by atoms with Crippen molar-refractivity contribution in [2.45, 2.75) is 32.5 Å². The van der Waals surface area contributed by atoms with Crippen LogP contribution in [0, 0.1) is 0 Å². The zero-order valence-electron chi connectivity index (χ0n) is 16.9. The highest BCUT2D eigenvalue weighted by Gasteiger charge is 2.43. The van der Waals surface area contributed by atoms with Crippen molar-refractivity contribution in [3.63, 3.8) is 0 Å². The minimum Gasteiger partial charge on any atom is -0.402 e. The second-order valence-electron chi connectivity index (χ2n) is 8.05. The van der Waals surface area contributed by atoms with Crippen molar-refractivity contribution in [3.8, 4) is 17.1 Å². The van der Waals surface area contributed by atoms with Crippen LogP contribution in [-0.2, 0) is 9.31 Å². The maximum atomic E-state index is 6.09. The standard InChI is InChI=1S/C24H23BN2O2/c1-17-24(2,3)29-25(28-17)19-15-13-18(14-16-19)23-26-21-11-7-8-12-22(21)27(23)20-9-5-4-6-10-20/h4-17H,1-3H3. The maximum Gasteiger partial charge on any atom is 0.494 e. The molecule has 1 aliphatic rings. The van der Waals surface area contributed by atoms with E-state index < -0.39 is 0 Å². The molecule has 0 radical (unpaired) electrons. The number of rotatable bonds is 3. The van der Waals surface area contributed by atoms with Crippen LogP contribution < -0.4 is 5.46 Å². The summed E-state index contributed by atoms with van der Waals surface area (Å²) in [7, 11) is -0.331. The molecule has 4 nitrogen and oxygen atoms in total. The van der Waals surface area contributed by atoms with Gasteiger partial charge >= 0.3 is 7.12 Å². The summed E-state index contributed by atoms with van der Waals surface area (Å²) in [5.74, 6) is 0.922.